The van der Waals surface area contributed by atoms with Crippen LogP contribution in [-0.4, -0.2) is 20.8 Å². The minimum atomic E-state index is -0.174. The molecule has 0 radical (unpaired) electrons. The lowest BCUT2D eigenvalue weighted by Crippen LogP contribution is -2.16. The lowest BCUT2D eigenvalue weighted by molar-refractivity contribution is 0.181. The van der Waals surface area contributed by atoms with Crippen molar-refractivity contribution in [3.63, 3.8) is 0 Å². The lowest BCUT2D eigenvalue weighted by atomic mass is 10.1. The number of hydrogen-bond donors (Lipinski definition) is 1. The van der Waals surface area contributed by atoms with E-state index in [1.165, 1.54) is 0 Å². The highest BCUT2D eigenvalue weighted by Crippen LogP contribution is 2.23. The van der Waals surface area contributed by atoms with Crippen LogP contribution in [0.2, 0.25) is 5.02 Å². The average molecular weight is 216 g/mol. The highest BCUT2D eigenvalue weighted by atomic mass is 35.5. The molecule has 1 atom stereocenters. The molecule has 0 aromatic heterocycles. The fourth-order valence-corrected chi connectivity index (χ4v) is 1.43. The summed E-state index contributed by atoms with van der Waals surface area (Å²) in [5, 5.41) is 0.617. The van der Waals surface area contributed by atoms with Crippen molar-refractivity contribution in [3.05, 3.63) is 28.8 Å². The summed E-state index contributed by atoms with van der Waals surface area (Å²) in [6.07, 6.45) is 0. The van der Waals surface area contributed by atoms with Gasteiger partial charge in [-0.2, -0.15) is 0 Å². The molecule has 1 aromatic rings. The Morgan fingerprint density at radius 1 is 1.36 bits per heavy atom. The first kappa shape index (κ1) is 11.3. The average Bonchev–Trinajstić information content (AvgIpc) is 2.17. The van der Waals surface area contributed by atoms with E-state index in [9.17, 15) is 0 Å². The van der Waals surface area contributed by atoms with Crippen molar-refractivity contribution in [2.24, 2.45) is 5.73 Å². The molecule has 2 N–H and O–H groups in total. The molecular weight excluding hydrogens is 202 g/mol. The number of ether oxygens (including phenoxy) is 2. The second-order valence-corrected chi connectivity index (χ2v) is 3.42. The molecule has 4 heteroatoms. The van der Waals surface area contributed by atoms with Crippen molar-refractivity contribution in [2.75, 3.05) is 20.8 Å². The number of rotatable bonds is 4. The van der Waals surface area contributed by atoms with Crippen molar-refractivity contribution >= 4 is 11.6 Å². The van der Waals surface area contributed by atoms with Gasteiger partial charge in [0.2, 0.25) is 0 Å². The molecule has 0 unspecified atom stereocenters. The van der Waals surface area contributed by atoms with E-state index in [1.54, 1.807) is 20.3 Å². The summed E-state index contributed by atoms with van der Waals surface area (Å²) in [5.74, 6) is 0.707. The second kappa shape index (κ2) is 5.20. The third-order valence-electron chi connectivity index (χ3n) is 1.90. The van der Waals surface area contributed by atoms with E-state index in [0.29, 0.717) is 17.4 Å². The fraction of sp³-hybridized carbons (Fsp3) is 0.400. The number of halogens is 1. The maximum absolute atomic E-state index is 5.90. The molecule has 0 amide bonds. The van der Waals surface area contributed by atoms with Gasteiger partial charge < -0.3 is 15.2 Å². The molecule has 0 saturated carbocycles. The zero-order valence-corrected chi connectivity index (χ0v) is 9.04. The summed E-state index contributed by atoms with van der Waals surface area (Å²) in [5.41, 5.74) is 6.77. The molecule has 0 aliphatic carbocycles. The van der Waals surface area contributed by atoms with Gasteiger partial charge in [0, 0.05) is 12.1 Å². The van der Waals surface area contributed by atoms with Crippen molar-refractivity contribution in [1.82, 2.24) is 0 Å². The SMILES string of the molecule is COC[C@@H](N)c1cc(Cl)cc(OC)c1. The highest BCUT2D eigenvalue weighted by Gasteiger charge is 2.08. The van der Waals surface area contributed by atoms with Gasteiger partial charge in [0.05, 0.1) is 19.8 Å². The van der Waals surface area contributed by atoms with Gasteiger partial charge in [0.1, 0.15) is 5.75 Å². The molecule has 1 rings (SSSR count). The number of nitrogens with two attached hydrogens (primary N) is 1. The maximum atomic E-state index is 5.90. The molecule has 0 fully saturated rings. The van der Waals surface area contributed by atoms with Crippen LogP contribution in [0.1, 0.15) is 11.6 Å². The quantitative estimate of drug-likeness (QED) is 0.836. The van der Waals surface area contributed by atoms with Crippen LogP contribution in [0.25, 0.3) is 0 Å². The minimum absolute atomic E-state index is 0.174. The Bertz CT molecular complexity index is 304. The van der Waals surface area contributed by atoms with Crippen molar-refractivity contribution < 1.29 is 9.47 Å². The summed E-state index contributed by atoms with van der Waals surface area (Å²) in [6, 6.07) is 5.24. The molecule has 3 nitrogen and oxygen atoms in total. The van der Waals surface area contributed by atoms with Gasteiger partial charge in [-0.25, -0.2) is 0 Å². The summed E-state index contributed by atoms with van der Waals surface area (Å²) in [4.78, 5) is 0. The van der Waals surface area contributed by atoms with Gasteiger partial charge in [-0.05, 0) is 23.8 Å². The molecular formula is C10H14ClNO2. The smallest absolute Gasteiger partial charge is 0.120 e. The van der Waals surface area contributed by atoms with E-state index >= 15 is 0 Å². The normalized spacial score (nSPS) is 12.6. The van der Waals surface area contributed by atoms with Gasteiger partial charge in [0.15, 0.2) is 0 Å². The fourth-order valence-electron chi connectivity index (χ4n) is 1.19. The summed E-state index contributed by atoms with van der Waals surface area (Å²) < 4.78 is 10.0. The minimum Gasteiger partial charge on any atom is -0.497 e. The summed E-state index contributed by atoms with van der Waals surface area (Å²) in [6.45, 7) is 0.462. The van der Waals surface area contributed by atoms with Gasteiger partial charge >= 0.3 is 0 Å². The maximum Gasteiger partial charge on any atom is 0.120 e. The van der Waals surface area contributed by atoms with Crippen LogP contribution in [-0.2, 0) is 4.74 Å². The molecule has 0 bridgehead atoms. The second-order valence-electron chi connectivity index (χ2n) is 2.99. The highest BCUT2D eigenvalue weighted by molar-refractivity contribution is 6.30. The first-order chi connectivity index (χ1) is 6.67. The van der Waals surface area contributed by atoms with Crippen LogP contribution >= 0.6 is 11.6 Å². The Hall–Kier alpha value is -0.770. The molecule has 0 aliphatic rings. The number of benzene rings is 1. The summed E-state index contributed by atoms with van der Waals surface area (Å²) in [7, 11) is 3.21. The third-order valence-corrected chi connectivity index (χ3v) is 2.12. The van der Waals surface area contributed by atoms with Crippen LogP contribution < -0.4 is 10.5 Å². The zero-order valence-electron chi connectivity index (χ0n) is 8.29. The van der Waals surface area contributed by atoms with Crippen molar-refractivity contribution in [2.45, 2.75) is 6.04 Å². The predicted octanol–water partition coefficient (Wildman–Crippen LogP) is 1.99. The molecule has 0 spiro atoms. The van der Waals surface area contributed by atoms with Gasteiger partial charge in [-0.15, -0.1) is 0 Å². The van der Waals surface area contributed by atoms with Crippen molar-refractivity contribution in [1.29, 1.82) is 0 Å². The topological polar surface area (TPSA) is 44.5 Å². The van der Waals surface area contributed by atoms with Crippen LogP contribution in [0.4, 0.5) is 0 Å². The van der Waals surface area contributed by atoms with E-state index in [-0.39, 0.29) is 6.04 Å². The Balaban J connectivity index is 2.90. The van der Waals surface area contributed by atoms with E-state index in [2.05, 4.69) is 0 Å². The van der Waals surface area contributed by atoms with Crippen LogP contribution in [0.3, 0.4) is 0 Å². The Labute approximate surface area is 88.8 Å². The van der Waals surface area contributed by atoms with E-state index in [1.807, 2.05) is 12.1 Å². The van der Waals surface area contributed by atoms with Crippen LogP contribution in [0.5, 0.6) is 5.75 Å². The molecule has 0 aliphatic heterocycles. The van der Waals surface area contributed by atoms with Gasteiger partial charge in [-0.1, -0.05) is 11.6 Å². The predicted molar refractivity (Wildman–Crippen MR) is 56.8 cm³/mol. The van der Waals surface area contributed by atoms with Gasteiger partial charge in [-0.3, -0.25) is 0 Å². The molecule has 1 aromatic carbocycles. The molecule has 78 valence electrons. The van der Waals surface area contributed by atoms with E-state index in [4.69, 9.17) is 26.8 Å². The molecule has 0 saturated heterocycles. The van der Waals surface area contributed by atoms with Crippen molar-refractivity contribution in [3.8, 4) is 5.75 Å². The van der Waals surface area contributed by atoms with E-state index in [0.717, 1.165) is 5.56 Å². The van der Waals surface area contributed by atoms with Crippen LogP contribution in [0, 0.1) is 0 Å². The largest absolute Gasteiger partial charge is 0.497 e. The van der Waals surface area contributed by atoms with Crippen LogP contribution in [0.15, 0.2) is 18.2 Å². The third kappa shape index (κ3) is 2.87. The molecule has 0 heterocycles. The zero-order chi connectivity index (χ0) is 10.6. The van der Waals surface area contributed by atoms with E-state index < -0.39 is 0 Å². The monoisotopic (exact) mass is 215 g/mol. The first-order valence-corrected chi connectivity index (χ1v) is 4.64. The Morgan fingerprint density at radius 2 is 2.07 bits per heavy atom. The molecule has 14 heavy (non-hydrogen) atoms. The standard InChI is InChI=1S/C10H14ClNO2/c1-13-6-10(12)7-3-8(11)5-9(4-7)14-2/h3-5,10H,6,12H2,1-2H3/t10-/m1/s1. The first-order valence-electron chi connectivity index (χ1n) is 4.26. The Morgan fingerprint density at radius 3 is 2.64 bits per heavy atom. The number of methoxy groups -OCH3 is 2. The summed E-state index contributed by atoms with van der Waals surface area (Å²) >= 11 is 5.90. The lowest BCUT2D eigenvalue weighted by Gasteiger charge is -2.12. The number of hydrogen-bond acceptors (Lipinski definition) is 3. The van der Waals surface area contributed by atoms with Gasteiger partial charge in [0.25, 0.3) is 0 Å². The Kier molecular flexibility index (Phi) is 4.20.